The van der Waals surface area contributed by atoms with E-state index in [4.69, 9.17) is 5.73 Å². The van der Waals surface area contributed by atoms with Gasteiger partial charge in [-0.1, -0.05) is 20.8 Å². The summed E-state index contributed by atoms with van der Waals surface area (Å²) in [4.78, 5) is 14.1. The Labute approximate surface area is 111 Å². The number of hydrogen-bond acceptors (Lipinski definition) is 3. The lowest BCUT2D eigenvalue weighted by molar-refractivity contribution is -0.132. The summed E-state index contributed by atoms with van der Waals surface area (Å²) < 4.78 is 0. The molecule has 0 saturated carbocycles. The van der Waals surface area contributed by atoms with E-state index < -0.39 is 0 Å². The monoisotopic (exact) mass is 255 g/mol. The average Bonchev–Trinajstić information content (AvgIpc) is 2.33. The second kappa shape index (κ2) is 7.10. The van der Waals surface area contributed by atoms with Gasteiger partial charge in [0.05, 0.1) is 0 Å². The Balaban J connectivity index is 2.38. The number of amides is 1. The van der Waals surface area contributed by atoms with Crippen molar-refractivity contribution in [2.75, 3.05) is 32.7 Å². The molecule has 1 amide bonds. The molecule has 0 aromatic rings. The molecule has 0 radical (unpaired) electrons. The van der Waals surface area contributed by atoms with Crippen LogP contribution in [0.15, 0.2) is 0 Å². The predicted molar refractivity (Wildman–Crippen MR) is 75.3 cm³/mol. The van der Waals surface area contributed by atoms with Crippen molar-refractivity contribution in [3.63, 3.8) is 0 Å². The molecule has 1 unspecified atom stereocenters. The van der Waals surface area contributed by atoms with Crippen LogP contribution < -0.4 is 11.1 Å². The maximum atomic E-state index is 12.1. The fourth-order valence-electron chi connectivity index (χ4n) is 2.58. The van der Waals surface area contributed by atoms with E-state index in [2.05, 4.69) is 26.1 Å². The van der Waals surface area contributed by atoms with Gasteiger partial charge in [-0.2, -0.15) is 0 Å². The van der Waals surface area contributed by atoms with Crippen LogP contribution >= 0.6 is 0 Å². The minimum atomic E-state index is 0.239. The number of piperazine rings is 1. The number of nitrogens with one attached hydrogen (secondary N) is 1. The molecule has 1 aliphatic heterocycles. The number of nitrogens with zero attached hydrogens (tertiary/aromatic N) is 1. The lowest BCUT2D eigenvalue weighted by Gasteiger charge is -2.32. The first-order chi connectivity index (χ1) is 8.45. The van der Waals surface area contributed by atoms with Gasteiger partial charge in [0, 0.05) is 32.6 Å². The van der Waals surface area contributed by atoms with Crippen LogP contribution in [-0.2, 0) is 4.79 Å². The summed E-state index contributed by atoms with van der Waals surface area (Å²) in [6.45, 7) is 11.0. The van der Waals surface area contributed by atoms with Crippen molar-refractivity contribution >= 4 is 5.91 Å². The Hall–Kier alpha value is -0.610. The standard InChI is InChI=1S/C14H29N3O/c1-14(2,3)12(6-7-15)4-5-13(18)17-10-8-16-9-11-17/h12,16H,4-11,15H2,1-3H3. The SMILES string of the molecule is CC(C)(C)C(CCN)CCC(=O)N1CCNCC1. The smallest absolute Gasteiger partial charge is 0.222 e. The molecule has 18 heavy (non-hydrogen) atoms. The van der Waals surface area contributed by atoms with Crippen LogP contribution in [0, 0.1) is 11.3 Å². The molecule has 106 valence electrons. The lowest BCUT2D eigenvalue weighted by Crippen LogP contribution is -2.46. The molecule has 1 rings (SSSR count). The first-order valence-electron chi connectivity index (χ1n) is 7.13. The van der Waals surface area contributed by atoms with Gasteiger partial charge in [-0.05, 0) is 30.7 Å². The van der Waals surface area contributed by atoms with Gasteiger partial charge in [0.25, 0.3) is 0 Å². The quantitative estimate of drug-likeness (QED) is 0.776. The maximum absolute atomic E-state index is 12.1. The Morgan fingerprint density at radius 1 is 1.28 bits per heavy atom. The summed E-state index contributed by atoms with van der Waals surface area (Å²) in [5.74, 6) is 0.845. The van der Waals surface area contributed by atoms with Gasteiger partial charge in [0.2, 0.25) is 5.91 Å². The third-order valence-corrected chi connectivity index (χ3v) is 3.92. The number of rotatable bonds is 5. The van der Waals surface area contributed by atoms with Crippen LogP contribution in [0.2, 0.25) is 0 Å². The molecule has 1 saturated heterocycles. The van der Waals surface area contributed by atoms with Crippen molar-refractivity contribution < 1.29 is 4.79 Å². The van der Waals surface area contributed by atoms with Crippen molar-refractivity contribution in [2.45, 2.75) is 40.0 Å². The zero-order valence-electron chi connectivity index (χ0n) is 12.2. The second-order valence-electron chi connectivity index (χ2n) is 6.31. The van der Waals surface area contributed by atoms with E-state index in [0.29, 0.717) is 24.8 Å². The van der Waals surface area contributed by atoms with Crippen molar-refractivity contribution in [2.24, 2.45) is 17.1 Å². The first kappa shape index (κ1) is 15.4. The molecule has 1 aliphatic rings. The summed E-state index contributed by atoms with van der Waals surface area (Å²) in [6, 6.07) is 0. The first-order valence-corrected chi connectivity index (χ1v) is 7.13. The normalized spacial score (nSPS) is 18.8. The summed E-state index contributed by atoms with van der Waals surface area (Å²) >= 11 is 0. The fourth-order valence-corrected chi connectivity index (χ4v) is 2.58. The highest BCUT2D eigenvalue weighted by molar-refractivity contribution is 5.76. The summed E-state index contributed by atoms with van der Waals surface area (Å²) in [5.41, 5.74) is 5.91. The summed E-state index contributed by atoms with van der Waals surface area (Å²) in [6.07, 6.45) is 2.64. The third kappa shape index (κ3) is 4.94. The van der Waals surface area contributed by atoms with Gasteiger partial charge in [0.15, 0.2) is 0 Å². The van der Waals surface area contributed by atoms with Gasteiger partial charge in [-0.15, -0.1) is 0 Å². The van der Waals surface area contributed by atoms with E-state index in [1.807, 2.05) is 4.90 Å². The zero-order valence-corrected chi connectivity index (χ0v) is 12.2. The van der Waals surface area contributed by atoms with Crippen molar-refractivity contribution in [3.8, 4) is 0 Å². The van der Waals surface area contributed by atoms with E-state index in [0.717, 1.165) is 39.0 Å². The molecule has 0 aromatic carbocycles. The van der Waals surface area contributed by atoms with Gasteiger partial charge in [0.1, 0.15) is 0 Å². The minimum Gasteiger partial charge on any atom is -0.340 e. The van der Waals surface area contributed by atoms with Crippen molar-refractivity contribution in [1.82, 2.24) is 10.2 Å². The molecule has 1 fully saturated rings. The van der Waals surface area contributed by atoms with Crippen LogP contribution in [0.5, 0.6) is 0 Å². The average molecular weight is 255 g/mol. The highest BCUT2D eigenvalue weighted by atomic mass is 16.2. The van der Waals surface area contributed by atoms with Crippen LogP contribution in [0.3, 0.4) is 0 Å². The van der Waals surface area contributed by atoms with Gasteiger partial charge >= 0.3 is 0 Å². The molecule has 4 nitrogen and oxygen atoms in total. The van der Waals surface area contributed by atoms with Gasteiger partial charge in [-0.3, -0.25) is 4.79 Å². The molecule has 1 heterocycles. The van der Waals surface area contributed by atoms with E-state index in [-0.39, 0.29) is 5.41 Å². The largest absolute Gasteiger partial charge is 0.340 e. The highest BCUT2D eigenvalue weighted by Gasteiger charge is 2.25. The summed E-state index contributed by atoms with van der Waals surface area (Å²) in [5, 5.41) is 3.27. The lowest BCUT2D eigenvalue weighted by atomic mass is 9.76. The molecule has 0 bridgehead atoms. The fraction of sp³-hybridized carbons (Fsp3) is 0.929. The Kier molecular flexibility index (Phi) is 6.09. The number of nitrogens with two attached hydrogens (primary N) is 1. The van der Waals surface area contributed by atoms with Gasteiger partial charge in [-0.25, -0.2) is 0 Å². The van der Waals surface area contributed by atoms with Gasteiger partial charge < -0.3 is 16.0 Å². The van der Waals surface area contributed by atoms with Crippen molar-refractivity contribution in [3.05, 3.63) is 0 Å². The maximum Gasteiger partial charge on any atom is 0.222 e. The molecule has 1 atom stereocenters. The summed E-state index contributed by atoms with van der Waals surface area (Å²) in [7, 11) is 0. The molecule has 4 heteroatoms. The van der Waals surface area contributed by atoms with E-state index in [1.165, 1.54) is 0 Å². The van der Waals surface area contributed by atoms with Crippen molar-refractivity contribution in [1.29, 1.82) is 0 Å². The topological polar surface area (TPSA) is 58.4 Å². The zero-order chi connectivity index (χ0) is 13.6. The number of hydrogen-bond donors (Lipinski definition) is 2. The Bertz CT molecular complexity index is 254. The van der Waals surface area contributed by atoms with Crippen LogP contribution in [0.1, 0.15) is 40.0 Å². The Morgan fingerprint density at radius 3 is 2.39 bits per heavy atom. The Morgan fingerprint density at radius 2 is 1.89 bits per heavy atom. The number of carbonyl (C=O) groups excluding carboxylic acids is 1. The van der Waals surface area contributed by atoms with Crippen LogP contribution in [0.4, 0.5) is 0 Å². The van der Waals surface area contributed by atoms with E-state index in [1.54, 1.807) is 0 Å². The minimum absolute atomic E-state index is 0.239. The van der Waals surface area contributed by atoms with Crippen LogP contribution in [0.25, 0.3) is 0 Å². The molecule has 0 spiro atoms. The second-order valence-corrected chi connectivity index (χ2v) is 6.31. The van der Waals surface area contributed by atoms with E-state index in [9.17, 15) is 4.79 Å². The molecule has 3 N–H and O–H groups in total. The molecule has 0 aromatic heterocycles. The number of carbonyl (C=O) groups is 1. The molecule has 0 aliphatic carbocycles. The van der Waals surface area contributed by atoms with E-state index >= 15 is 0 Å². The third-order valence-electron chi connectivity index (χ3n) is 3.92. The highest BCUT2D eigenvalue weighted by Crippen LogP contribution is 2.32. The molecular formula is C14H29N3O. The predicted octanol–water partition coefficient (Wildman–Crippen LogP) is 1.21. The van der Waals surface area contributed by atoms with Crippen LogP contribution in [-0.4, -0.2) is 43.5 Å². The molecular weight excluding hydrogens is 226 g/mol.